The third-order valence-electron chi connectivity index (χ3n) is 3.08. The molecule has 0 spiro atoms. The maximum atomic E-state index is 5.84. The van der Waals surface area contributed by atoms with Crippen molar-refractivity contribution in [3.8, 4) is 0 Å². The van der Waals surface area contributed by atoms with Gasteiger partial charge in [0.05, 0.1) is 13.1 Å². The molecule has 0 unspecified atom stereocenters. The van der Waals surface area contributed by atoms with Crippen LogP contribution < -0.4 is 5.32 Å². The molecule has 0 aliphatic heterocycles. The van der Waals surface area contributed by atoms with Crippen molar-refractivity contribution in [1.29, 1.82) is 0 Å². The second kappa shape index (κ2) is 4.37. The zero-order valence-corrected chi connectivity index (χ0v) is 10.0. The van der Waals surface area contributed by atoms with Crippen molar-refractivity contribution in [2.24, 2.45) is 0 Å². The van der Waals surface area contributed by atoms with Crippen molar-refractivity contribution in [3.63, 3.8) is 0 Å². The molecular weight excluding hydrogens is 214 g/mol. The quantitative estimate of drug-likeness (QED) is 0.856. The van der Waals surface area contributed by atoms with Gasteiger partial charge in [-0.3, -0.25) is 4.68 Å². The van der Waals surface area contributed by atoms with E-state index in [1.807, 2.05) is 16.9 Å². The average molecular weight is 231 g/mol. The van der Waals surface area contributed by atoms with Gasteiger partial charge in [0, 0.05) is 18.4 Å². The van der Waals surface area contributed by atoms with Crippen LogP contribution in [-0.2, 0) is 13.1 Å². The summed E-state index contributed by atoms with van der Waals surface area (Å²) in [6, 6.07) is 4.74. The summed E-state index contributed by atoms with van der Waals surface area (Å²) in [5.74, 6) is 2.03. The number of aryl methyl sites for hydroxylation is 1. The summed E-state index contributed by atoms with van der Waals surface area (Å²) in [5, 5.41) is 7.65. The van der Waals surface area contributed by atoms with Crippen LogP contribution in [0.1, 0.15) is 29.9 Å². The predicted octanol–water partition coefficient (Wildman–Crippen LogP) is 2.08. The van der Waals surface area contributed by atoms with Gasteiger partial charge in [0.2, 0.25) is 0 Å². The Labute approximate surface area is 101 Å². The van der Waals surface area contributed by atoms with E-state index < -0.39 is 0 Å². The van der Waals surface area contributed by atoms with Gasteiger partial charge in [-0.05, 0) is 37.5 Å². The maximum Gasteiger partial charge on any atom is 0.126 e. The molecule has 1 N–H and O–H groups in total. The molecule has 1 aliphatic carbocycles. The summed E-state index contributed by atoms with van der Waals surface area (Å²) >= 11 is 0. The fourth-order valence-corrected chi connectivity index (χ4v) is 1.92. The molecule has 0 atom stereocenters. The van der Waals surface area contributed by atoms with E-state index in [0.717, 1.165) is 18.1 Å². The van der Waals surface area contributed by atoms with E-state index >= 15 is 0 Å². The van der Waals surface area contributed by atoms with Crippen LogP contribution in [0.25, 0.3) is 0 Å². The van der Waals surface area contributed by atoms with Crippen LogP contribution in [0.15, 0.2) is 28.9 Å². The van der Waals surface area contributed by atoms with E-state index in [9.17, 15) is 0 Å². The number of aromatic nitrogens is 2. The van der Waals surface area contributed by atoms with Crippen LogP contribution in [-0.4, -0.2) is 15.8 Å². The zero-order valence-electron chi connectivity index (χ0n) is 10.0. The summed E-state index contributed by atoms with van der Waals surface area (Å²) in [6.07, 6.45) is 6.34. The fraction of sp³-hybridized carbons (Fsp3) is 0.462. The Balaban J connectivity index is 1.66. The highest BCUT2D eigenvalue weighted by Crippen LogP contribution is 2.21. The lowest BCUT2D eigenvalue weighted by atomic mass is 10.2. The number of hydrogen-bond donors (Lipinski definition) is 1. The molecule has 0 radical (unpaired) electrons. The van der Waals surface area contributed by atoms with Crippen molar-refractivity contribution >= 4 is 0 Å². The van der Waals surface area contributed by atoms with Gasteiger partial charge in [-0.25, -0.2) is 0 Å². The fourth-order valence-electron chi connectivity index (χ4n) is 1.92. The Morgan fingerprint density at radius 3 is 3.12 bits per heavy atom. The highest BCUT2D eigenvalue weighted by atomic mass is 16.3. The molecule has 17 heavy (non-hydrogen) atoms. The van der Waals surface area contributed by atoms with E-state index in [4.69, 9.17) is 4.42 Å². The van der Waals surface area contributed by atoms with Gasteiger partial charge in [-0.15, -0.1) is 0 Å². The molecule has 3 rings (SSSR count). The van der Waals surface area contributed by atoms with Gasteiger partial charge in [-0.2, -0.15) is 5.10 Å². The molecular formula is C13H17N3O. The Bertz CT molecular complexity index is 483. The topological polar surface area (TPSA) is 43.0 Å². The van der Waals surface area contributed by atoms with E-state index in [1.165, 1.54) is 18.4 Å². The van der Waals surface area contributed by atoms with Gasteiger partial charge in [0.1, 0.15) is 11.5 Å². The van der Waals surface area contributed by atoms with Crippen LogP contribution >= 0.6 is 0 Å². The molecule has 1 fully saturated rings. The standard InChI is InChI=1S/C13H17N3O/c1-10-7-12(9-16-6-2-5-15-16)17-13(10)8-14-11-3-4-11/h2,5-7,11,14H,3-4,8-9H2,1H3. The lowest BCUT2D eigenvalue weighted by Crippen LogP contribution is -2.15. The first-order valence-electron chi connectivity index (χ1n) is 6.10. The number of furan rings is 1. The minimum Gasteiger partial charge on any atom is -0.462 e. The van der Waals surface area contributed by atoms with Crippen LogP contribution in [0.5, 0.6) is 0 Å². The molecule has 2 aromatic heterocycles. The molecule has 1 aliphatic rings. The summed E-state index contributed by atoms with van der Waals surface area (Å²) in [7, 11) is 0. The molecule has 0 bridgehead atoms. The molecule has 0 saturated heterocycles. The van der Waals surface area contributed by atoms with E-state index in [0.29, 0.717) is 12.6 Å². The zero-order chi connectivity index (χ0) is 11.7. The van der Waals surface area contributed by atoms with Crippen LogP contribution in [0.2, 0.25) is 0 Å². The number of nitrogens with one attached hydrogen (secondary N) is 1. The largest absolute Gasteiger partial charge is 0.462 e. The molecule has 2 aromatic rings. The summed E-state index contributed by atoms with van der Waals surface area (Å²) < 4.78 is 7.71. The SMILES string of the molecule is Cc1cc(Cn2cccn2)oc1CNC1CC1. The minimum atomic E-state index is 0.706. The molecule has 1 saturated carbocycles. The van der Waals surface area contributed by atoms with E-state index in [1.54, 1.807) is 6.20 Å². The van der Waals surface area contributed by atoms with Gasteiger partial charge in [0.25, 0.3) is 0 Å². The van der Waals surface area contributed by atoms with E-state index in [2.05, 4.69) is 23.4 Å². The highest BCUT2D eigenvalue weighted by Gasteiger charge is 2.21. The van der Waals surface area contributed by atoms with Crippen LogP contribution in [0, 0.1) is 6.92 Å². The molecule has 0 aromatic carbocycles. The minimum absolute atomic E-state index is 0.706. The van der Waals surface area contributed by atoms with Gasteiger partial charge in [0.15, 0.2) is 0 Å². The van der Waals surface area contributed by atoms with Gasteiger partial charge in [-0.1, -0.05) is 0 Å². The Kier molecular flexibility index (Phi) is 2.73. The smallest absolute Gasteiger partial charge is 0.126 e. The third kappa shape index (κ3) is 2.58. The molecule has 2 heterocycles. The van der Waals surface area contributed by atoms with Crippen molar-refractivity contribution < 1.29 is 4.42 Å². The Morgan fingerprint density at radius 2 is 2.41 bits per heavy atom. The molecule has 4 nitrogen and oxygen atoms in total. The third-order valence-corrected chi connectivity index (χ3v) is 3.08. The lowest BCUT2D eigenvalue weighted by Gasteiger charge is -2.00. The van der Waals surface area contributed by atoms with Crippen molar-refractivity contribution in [2.45, 2.75) is 38.9 Å². The first-order valence-corrected chi connectivity index (χ1v) is 6.10. The molecule has 90 valence electrons. The molecule has 0 amide bonds. The summed E-state index contributed by atoms with van der Waals surface area (Å²) in [6.45, 7) is 3.65. The van der Waals surface area contributed by atoms with E-state index in [-0.39, 0.29) is 0 Å². The van der Waals surface area contributed by atoms with Crippen molar-refractivity contribution in [3.05, 3.63) is 41.6 Å². The first-order chi connectivity index (χ1) is 8.31. The number of nitrogens with zero attached hydrogens (tertiary/aromatic N) is 2. The highest BCUT2D eigenvalue weighted by molar-refractivity contribution is 5.20. The average Bonchev–Trinajstić information content (AvgIpc) is 2.88. The lowest BCUT2D eigenvalue weighted by molar-refractivity contribution is 0.428. The first kappa shape index (κ1) is 10.6. The summed E-state index contributed by atoms with van der Waals surface area (Å²) in [4.78, 5) is 0. The van der Waals surface area contributed by atoms with Crippen LogP contribution in [0.3, 0.4) is 0 Å². The Morgan fingerprint density at radius 1 is 1.53 bits per heavy atom. The maximum absolute atomic E-state index is 5.84. The van der Waals surface area contributed by atoms with Gasteiger partial charge >= 0.3 is 0 Å². The summed E-state index contributed by atoms with van der Waals surface area (Å²) in [5.41, 5.74) is 1.22. The second-order valence-electron chi connectivity index (χ2n) is 4.68. The normalized spacial score (nSPS) is 15.4. The predicted molar refractivity (Wildman–Crippen MR) is 64.6 cm³/mol. The number of rotatable bonds is 5. The van der Waals surface area contributed by atoms with Crippen molar-refractivity contribution in [1.82, 2.24) is 15.1 Å². The van der Waals surface area contributed by atoms with Crippen molar-refractivity contribution in [2.75, 3.05) is 0 Å². The second-order valence-corrected chi connectivity index (χ2v) is 4.68. The molecule has 4 heteroatoms. The van der Waals surface area contributed by atoms with Gasteiger partial charge < -0.3 is 9.73 Å². The number of hydrogen-bond acceptors (Lipinski definition) is 3. The van der Waals surface area contributed by atoms with Crippen LogP contribution in [0.4, 0.5) is 0 Å². The monoisotopic (exact) mass is 231 g/mol. The Hall–Kier alpha value is -1.55.